The molecule has 0 N–H and O–H groups in total. The highest BCUT2D eigenvalue weighted by Gasteiger charge is 2.26. The summed E-state index contributed by atoms with van der Waals surface area (Å²) in [5, 5.41) is 8.83. The zero-order valence-corrected chi connectivity index (χ0v) is 7.55. The summed E-state index contributed by atoms with van der Waals surface area (Å²) in [4.78, 5) is 11.2. The fraction of sp³-hybridized carbons (Fsp3) is 0.800. The Hall–Kier alpha value is -0.840. The number of carbonyl (C=O) groups is 1. The van der Waals surface area contributed by atoms with Crippen molar-refractivity contribution in [1.82, 2.24) is 0 Å². The van der Waals surface area contributed by atoms with Crippen molar-refractivity contribution in [1.29, 1.82) is 5.26 Å². The molecular formula is C10H15NO. The average molecular weight is 165 g/mol. The van der Waals surface area contributed by atoms with Crippen LogP contribution in [-0.4, -0.2) is 5.78 Å². The van der Waals surface area contributed by atoms with Crippen molar-refractivity contribution in [2.24, 2.45) is 11.8 Å². The van der Waals surface area contributed by atoms with Gasteiger partial charge in [-0.15, -0.1) is 0 Å². The van der Waals surface area contributed by atoms with Gasteiger partial charge in [0.25, 0.3) is 0 Å². The van der Waals surface area contributed by atoms with E-state index in [1.54, 1.807) is 6.92 Å². The molecule has 0 radical (unpaired) electrons. The van der Waals surface area contributed by atoms with E-state index in [9.17, 15) is 4.79 Å². The van der Waals surface area contributed by atoms with Crippen molar-refractivity contribution in [3.05, 3.63) is 0 Å². The first-order chi connectivity index (χ1) is 5.75. The van der Waals surface area contributed by atoms with Crippen LogP contribution in [0.1, 0.15) is 39.0 Å². The summed E-state index contributed by atoms with van der Waals surface area (Å²) in [7, 11) is 0. The Kier molecular flexibility index (Phi) is 3.28. The first-order valence-electron chi connectivity index (χ1n) is 4.65. The van der Waals surface area contributed by atoms with Crippen LogP contribution in [-0.2, 0) is 4.79 Å². The highest BCUT2D eigenvalue weighted by atomic mass is 16.1. The molecule has 0 spiro atoms. The maximum Gasteiger partial charge on any atom is 0.134 e. The van der Waals surface area contributed by atoms with Crippen molar-refractivity contribution < 1.29 is 4.79 Å². The molecule has 0 saturated heterocycles. The lowest BCUT2D eigenvalue weighted by molar-refractivity contribution is -0.121. The van der Waals surface area contributed by atoms with Gasteiger partial charge in [0.2, 0.25) is 0 Å². The SMILES string of the molecule is CC(=O)C1CCCCCC1C#N. The molecule has 0 aliphatic heterocycles. The monoisotopic (exact) mass is 165 g/mol. The summed E-state index contributed by atoms with van der Waals surface area (Å²) in [5.41, 5.74) is 0. The number of Topliss-reactive ketones (excluding diaryl/α,β-unsaturated/α-hetero) is 1. The topological polar surface area (TPSA) is 40.9 Å². The van der Waals surface area contributed by atoms with Gasteiger partial charge in [0, 0.05) is 5.92 Å². The Morgan fingerprint density at radius 3 is 2.58 bits per heavy atom. The number of nitrogens with zero attached hydrogens (tertiary/aromatic N) is 1. The molecule has 1 aliphatic rings. The number of hydrogen-bond donors (Lipinski definition) is 0. The molecule has 0 aromatic carbocycles. The van der Waals surface area contributed by atoms with Crippen LogP contribution in [0, 0.1) is 23.2 Å². The van der Waals surface area contributed by atoms with Crippen LogP contribution in [0.2, 0.25) is 0 Å². The molecule has 2 nitrogen and oxygen atoms in total. The molecule has 1 aliphatic carbocycles. The molecule has 0 aromatic heterocycles. The summed E-state index contributed by atoms with van der Waals surface area (Å²) >= 11 is 0. The summed E-state index contributed by atoms with van der Waals surface area (Å²) in [6, 6.07) is 2.25. The van der Waals surface area contributed by atoms with Gasteiger partial charge >= 0.3 is 0 Å². The van der Waals surface area contributed by atoms with Gasteiger partial charge in [0.1, 0.15) is 5.78 Å². The standard InChI is InChI=1S/C10H15NO/c1-8(12)10-6-4-2-3-5-9(10)7-11/h9-10H,2-6H2,1H3. The maximum absolute atomic E-state index is 11.2. The number of rotatable bonds is 1. The summed E-state index contributed by atoms with van der Waals surface area (Å²) in [5.74, 6) is 0.214. The Bertz CT molecular complexity index is 204. The van der Waals surface area contributed by atoms with Crippen molar-refractivity contribution in [2.75, 3.05) is 0 Å². The van der Waals surface area contributed by atoms with E-state index in [4.69, 9.17) is 5.26 Å². The predicted octanol–water partition coefficient (Wildman–Crippen LogP) is 2.30. The summed E-state index contributed by atoms with van der Waals surface area (Å²) < 4.78 is 0. The van der Waals surface area contributed by atoms with Gasteiger partial charge in [-0.3, -0.25) is 4.79 Å². The minimum Gasteiger partial charge on any atom is -0.300 e. The molecule has 2 heteroatoms. The van der Waals surface area contributed by atoms with Crippen LogP contribution in [0.15, 0.2) is 0 Å². The molecule has 12 heavy (non-hydrogen) atoms. The fourth-order valence-corrected chi connectivity index (χ4v) is 1.95. The molecule has 1 rings (SSSR count). The molecule has 1 fully saturated rings. The van der Waals surface area contributed by atoms with Gasteiger partial charge in [0.15, 0.2) is 0 Å². The van der Waals surface area contributed by atoms with E-state index in [1.165, 1.54) is 6.42 Å². The second kappa shape index (κ2) is 4.25. The molecule has 0 aromatic rings. The van der Waals surface area contributed by atoms with E-state index >= 15 is 0 Å². The normalized spacial score (nSPS) is 30.3. The Labute approximate surface area is 73.6 Å². The van der Waals surface area contributed by atoms with Gasteiger partial charge in [-0.1, -0.05) is 19.3 Å². The first kappa shape index (κ1) is 9.25. The minimum atomic E-state index is -0.00926. The second-order valence-electron chi connectivity index (χ2n) is 3.59. The van der Waals surface area contributed by atoms with E-state index in [2.05, 4.69) is 6.07 Å². The second-order valence-corrected chi connectivity index (χ2v) is 3.59. The number of ketones is 1. The van der Waals surface area contributed by atoms with Crippen molar-refractivity contribution >= 4 is 5.78 Å². The van der Waals surface area contributed by atoms with E-state index < -0.39 is 0 Å². The average Bonchev–Trinajstić information content (AvgIpc) is 2.27. The van der Waals surface area contributed by atoms with Crippen molar-refractivity contribution in [3.63, 3.8) is 0 Å². The van der Waals surface area contributed by atoms with Crippen LogP contribution in [0.5, 0.6) is 0 Å². The van der Waals surface area contributed by atoms with Gasteiger partial charge in [0.05, 0.1) is 12.0 Å². The number of nitriles is 1. The maximum atomic E-state index is 11.2. The van der Waals surface area contributed by atoms with Crippen LogP contribution in [0.3, 0.4) is 0 Å². The Morgan fingerprint density at radius 2 is 2.00 bits per heavy atom. The zero-order valence-electron chi connectivity index (χ0n) is 7.55. The van der Waals surface area contributed by atoms with Crippen molar-refractivity contribution in [2.45, 2.75) is 39.0 Å². The lowest BCUT2D eigenvalue weighted by Gasteiger charge is -2.14. The third-order valence-corrected chi connectivity index (χ3v) is 2.70. The van der Waals surface area contributed by atoms with E-state index in [1.807, 2.05) is 0 Å². The van der Waals surface area contributed by atoms with Gasteiger partial charge < -0.3 is 0 Å². The lowest BCUT2D eigenvalue weighted by Crippen LogP contribution is -2.19. The van der Waals surface area contributed by atoms with Gasteiger partial charge in [-0.2, -0.15) is 5.26 Å². The molecule has 66 valence electrons. The fourth-order valence-electron chi connectivity index (χ4n) is 1.95. The zero-order chi connectivity index (χ0) is 8.97. The molecule has 0 amide bonds. The van der Waals surface area contributed by atoms with Crippen LogP contribution >= 0.6 is 0 Å². The molecule has 2 atom stereocenters. The molecule has 0 heterocycles. The number of carbonyl (C=O) groups excluding carboxylic acids is 1. The van der Waals surface area contributed by atoms with E-state index in [0.29, 0.717) is 0 Å². The third kappa shape index (κ3) is 2.07. The van der Waals surface area contributed by atoms with Crippen LogP contribution in [0.25, 0.3) is 0 Å². The van der Waals surface area contributed by atoms with Gasteiger partial charge in [-0.25, -0.2) is 0 Å². The number of hydrogen-bond acceptors (Lipinski definition) is 2. The summed E-state index contributed by atoms with van der Waals surface area (Å²) in [6.45, 7) is 1.61. The molecule has 2 unspecified atom stereocenters. The molecule has 0 bridgehead atoms. The van der Waals surface area contributed by atoms with Crippen LogP contribution in [0.4, 0.5) is 0 Å². The quantitative estimate of drug-likeness (QED) is 0.559. The lowest BCUT2D eigenvalue weighted by atomic mass is 9.86. The largest absolute Gasteiger partial charge is 0.300 e. The first-order valence-corrected chi connectivity index (χ1v) is 4.65. The predicted molar refractivity (Wildman–Crippen MR) is 46.4 cm³/mol. The van der Waals surface area contributed by atoms with E-state index in [-0.39, 0.29) is 17.6 Å². The van der Waals surface area contributed by atoms with Crippen molar-refractivity contribution in [3.8, 4) is 6.07 Å². The van der Waals surface area contributed by atoms with Gasteiger partial charge in [-0.05, 0) is 19.8 Å². The highest BCUT2D eigenvalue weighted by molar-refractivity contribution is 5.78. The Balaban J connectivity index is 2.65. The molecular weight excluding hydrogens is 150 g/mol. The Morgan fingerprint density at radius 1 is 1.33 bits per heavy atom. The summed E-state index contributed by atoms with van der Waals surface area (Å²) in [6.07, 6.45) is 5.25. The third-order valence-electron chi connectivity index (χ3n) is 2.70. The minimum absolute atomic E-state index is 0.00926. The van der Waals surface area contributed by atoms with E-state index in [0.717, 1.165) is 25.7 Å². The van der Waals surface area contributed by atoms with Crippen LogP contribution < -0.4 is 0 Å². The molecule has 1 saturated carbocycles. The highest BCUT2D eigenvalue weighted by Crippen LogP contribution is 2.28. The smallest absolute Gasteiger partial charge is 0.134 e.